The number of rotatable bonds is 4. The maximum Gasteiger partial charge on any atom is 0.180 e. The van der Waals surface area contributed by atoms with Crippen LogP contribution < -0.4 is 10.1 Å². The third-order valence-corrected chi connectivity index (χ3v) is 3.52. The zero-order valence-electron chi connectivity index (χ0n) is 13.3. The zero-order chi connectivity index (χ0) is 16.9. The lowest BCUT2D eigenvalue weighted by Crippen LogP contribution is -2.04. The first-order chi connectivity index (χ1) is 11.8. The highest BCUT2D eigenvalue weighted by atomic mass is 16.5. The minimum atomic E-state index is 0.391. The summed E-state index contributed by atoms with van der Waals surface area (Å²) in [6.07, 6.45) is 1.68. The van der Waals surface area contributed by atoms with Crippen molar-refractivity contribution in [1.82, 2.24) is 15.0 Å². The van der Waals surface area contributed by atoms with Crippen molar-refractivity contribution in [1.29, 1.82) is 5.26 Å². The first kappa shape index (κ1) is 15.4. The number of hydrogen-bond acceptors (Lipinski definition) is 6. The van der Waals surface area contributed by atoms with E-state index >= 15 is 0 Å². The molecule has 6 nitrogen and oxygen atoms in total. The van der Waals surface area contributed by atoms with Crippen LogP contribution in [-0.4, -0.2) is 29.1 Å². The van der Waals surface area contributed by atoms with E-state index in [4.69, 9.17) is 4.74 Å². The summed E-state index contributed by atoms with van der Waals surface area (Å²) in [6.45, 7) is 0. The smallest absolute Gasteiger partial charge is 0.180 e. The molecule has 0 radical (unpaired) electrons. The summed E-state index contributed by atoms with van der Waals surface area (Å²) in [5, 5.41) is 12.5. The van der Waals surface area contributed by atoms with E-state index < -0.39 is 0 Å². The summed E-state index contributed by atoms with van der Waals surface area (Å²) in [7, 11) is 3.34. The molecular formula is C18H15N5O. The molecule has 118 valence electrons. The van der Waals surface area contributed by atoms with Crippen molar-refractivity contribution in [2.45, 2.75) is 0 Å². The molecular weight excluding hydrogens is 302 g/mol. The van der Waals surface area contributed by atoms with Gasteiger partial charge >= 0.3 is 0 Å². The van der Waals surface area contributed by atoms with Crippen LogP contribution in [0.5, 0.6) is 5.75 Å². The number of nitriles is 1. The average Bonchev–Trinajstić information content (AvgIpc) is 2.67. The lowest BCUT2D eigenvalue weighted by Gasteiger charge is -2.11. The van der Waals surface area contributed by atoms with Gasteiger partial charge in [-0.2, -0.15) is 5.26 Å². The molecule has 0 fully saturated rings. The molecule has 0 saturated carbocycles. The van der Waals surface area contributed by atoms with Crippen molar-refractivity contribution in [2.24, 2.45) is 0 Å². The van der Waals surface area contributed by atoms with Gasteiger partial charge in [-0.05, 0) is 36.4 Å². The van der Waals surface area contributed by atoms with E-state index in [0.717, 1.165) is 11.3 Å². The molecule has 0 aliphatic heterocycles. The topological polar surface area (TPSA) is 83.7 Å². The van der Waals surface area contributed by atoms with Crippen LogP contribution in [0.3, 0.4) is 0 Å². The fourth-order valence-corrected chi connectivity index (χ4v) is 2.31. The van der Waals surface area contributed by atoms with Crippen molar-refractivity contribution in [3.63, 3.8) is 0 Å². The highest BCUT2D eigenvalue weighted by Crippen LogP contribution is 2.29. The van der Waals surface area contributed by atoms with Gasteiger partial charge in [-0.1, -0.05) is 6.07 Å². The van der Waals surface area contributed by atoms with Crippen molar-refractivity contribution in [3.05, 3.63) is 54.2 Å². The third-order valence-electron chi connectivity index (χ3n) is 3.52. The summed E-state index contributed by atoms with van der Waals surface area (Å²) >= 11 is 0. The summed E-state index contributed by atoms with van der Waals surface area (Å²) in [5.41, 5.74) is 2.40. The Kier molecular flexibility index (Phi) is 4.34. The Morgan fingerprint density at radius 3 is 2.46 bits per heavy atom. The fraction of sp³-hybridized carbons (Fsp3) is 0.111. The number of ether oxygens (including phenoxy) is 1. The number of hydrogen-bond donors (Lipinski definition) is 1. The molecule has 0 spiro atoms. The molecule has 3 rings (SSSR count). The number of nitrogens with one attached hydrogen (secondary N) is 1. The molecule has 0 aliphatic carbocycles. The molecule has 0 atom stereocenters. The minimum Gasteiger partial charge on any atom is -0.497 e. The molecule has 6 heteroatoms. The van der Waals surface area contributed by atoms with Gasteiger partial charge in [0.2, 0.25) is 0 Å². The first-order valence-electron chi connectivity index (χ1n) is 7.32. The van der Waals surface area contributed by atoms with E-state index in [2.05, 4.69) is 26.3 Å². The Morgan fingerprint density at radius 2 is 1.88 bits per heavy atom. The van der Waals surface area contributed by atoms with Gasteiger partial charge in [0.15, 0.2) is 5.82 Å². The van der Waals surface area contributed by atoms with Crippen LogP contribution in [0, 0.1) is 11.3 Å². The van der Waals surface area contributed by atoms with Gasteiger partial charge in [0.25, 0.3) is 0 Å². The molecule has 2 heterocycles. The number of benzene rings is 1. The molecule has 1 N–H and O–H groups in total. The Bertz CT molecular complexity index is 886. The summed E-state index contributed by atoms with van der Waals surface area (Å²) in [6, 6.07) is 15.1. The van der Waals surface area contributed by atoms with Gasteiger partial charge in [-0.15, -0.1) is 0 Å². The van der Waals surface area contributed by atoms with E-state index in [1.54, 1.807) is 20.4 Å². The highest BCUT2D eigenvalue weighted by molar-refractivity contribution is 5.75. The van der Waals surface area contributed by atoms with Crippen LogP contribution in [0.2, 0.25) is 0 Å². The lowest BCUT2D eigenvalue weighted by atomic mass is 10.1. The Labute approximate surface area is 139 Å². The highest BCUT2D eigenvalue weighted by Gasteiger charge is 2.16. The zero-order valence-corrected chi connectivity index (χ0v) is 13.3. The molecule has 0 bridgehead atoms. The molecule has 0 saturated heterocycles. The van der Waals surface area contributed by atoms with Crippen LogP contribution >= 0.6 is 0 Å². The van der Waals surface area contributed by atoms with Gasteiger partial charge in [0.05, 0.1) is 12.8 Å². The lowest BCUT2D eigenvalue weighted by molar-refractivity contribution is 0.415. The van der Waals surface area contributed by atoms with E-state index in [9.17, 15) is 5.26 Å². The fourth-order valence-electron chi connectivity index (χ4n) is 2.31. The molecule has 0 amide bonds. The van der Waals surface area contributed by atoms with Gasteiger partial charge in [0, 0.05) is 18.8 Å². The summed E-state index contributed by atoms with van der Waals surface area (Å²) < 4.78 is 5.18. The number of aromatic nitrogens is 3. The van der Waals surface area contributed by atoms with Gasteiger partial charge in [-0.25, -0.2) is 9.97 Å². The minimum absolute atomic E-state index is 0.391. The van der Waals surface area contributed by atoms with Crippen LogP contribution in [0.4, 0.5) is 5.82 Å². The monoisotopic (exact) mass is 317 g/mol. The molecule has 24 heavy (non-hydrogen) atoms. The number of methoxy groups -OCH3 is 1. The van der Waals surface area contributed by atoms with Crippen molar-refractivity contribution in [3.8, 4) is 34.6 Å². The predicted octanol–water partition coefficient (Wildman–Crippen LogP) is 3.13. The Balaban J connectivity index is 2.21. The number of nitrogens with zero attached hydrogens (tertiary/aromatic N) is 4. The van der Waals surface area contributed by atoms with Gasteiger partial charge in [0.1, 0.15) is 28.9 Å². The van der Waals surface area contributed by atoms with Crippen molar-refractivity contribution < 1.29 is 4.74 Å². The second kappa shape index (κ2) is 6.75. The largest absolute Gasteiger partial charge is 0.497 e. The number of anilines is 1. The molecule has 0 aliphatic rings. The average molecular weight is 317 g/mol. The van der Waals surface area contributed by atoms with Crippen molar-refractivity contribution in [2.75, 3.05) is 19.5 Å². The van der Waals surface area contributed by atoms with E-state index in [1.165, 1.54) is 0 Å². The maximum absolute atomic E-state index is 9.54. The van der Waals surface area contributed by atoms with Gasteiger partial charge in [-0.3, -0.25) is 4.98 Å². The van der Waals surface area contributed by atoms with Crippen LogP contribution in [0.1, 0.15) is 5.56 Å². The van der Waals surface area contributed by atoms with E-state index in [-0.39, 0.29) is 0 Å². The number of pyridine rings is 1. The molecule has 3 aromatic rings. The first-order valence-corrected chi connectivity index (χ1v) is 7.32. The van der Waals surface area contributed by atoms with Gasteiger partial charge < -0.3 is 10.1 Å². The summed E-state index contributed by atoms with van der Waals surface area (Å²) in [4.78, 5) is 13.3. The Morgan fingerprint density at radius 1 is 1.08 bits per heavy atom. The maximum atomic E-state index is 9.54. The second-order valence-electron chi connectivity index (χ2n) is 4.92. The second-order valence-corrected chi connectivity index (χ2v) is 4.92. The predicted molar refractivity (Wildman–Crippen MR) is 91.5 cm³/mol. The third kappa shape index (κ3) is 2.88. The van der Waals surface area contributed by atoms with Crippen LogP contribution in [0.15, 0.2) is 48.7 Å². The Hall–Kier alpha value is -3.46. The van der Waals surface area contributed by atoms with Crippen LogP contribution in [-0.2, 0) is 0 Å². The summed E-state index contributed by atoms with van der Waals surface area (Å²) in [5.74, 6) is 1.67. The van der Waals surface area contributed by atoms with E-state index in [0.29, 0.717) is 28.6 Å². The van der Waals surface area contributed by atoms with Crippen LogP contribution in [0.25, 0.3) is 22.8 Å². The normalized spacial score (nSPS) is 10.0. The SMILES string of the molecule is CNc1nc(-c2ccccn2)nc(-c2ccc(OC)cc2)c1C#N. The quantitative estimate of drug-likeness (QED) is 0.796. The molecule has 1 aromatic carbocycles. The van der Waals surface area contributed by atoms with Crippen molar-refractivity contribution >= 4 is 5.82 Å². The van der Waals surface area contributed by atoms with E-state index in [1.807, 2.05) is 42.5 Å². The standard InChI is InChI=1S/C18H15N5O/c1-20-17-14(11-19)16(12-6-8-13(24-2)9-7-12)22-18(23-17)15-5-3-4-10-21-15/h3-10H,1-2H3,(H,20,22,23). The molecule has 2 aromatic heterocycles. The molecule has 0 unspecified atom stereocenters.